The highest BCUT2D eigenvalue weighted by Crippen LogP contribution is 2.59. The Labute approximate surface area is 271 Å². The lowest BCUT2D eigenvalue weighted by Crippen LogP contribution is -2.55. The molecule has 0 radical (unpaired) electrons. The van der Waals surface area contributed by atoms with Gasteiger partial charge in [0, 0.05) is 6.54 Å². The Morgan fingerprint density at radius 1 is 0.717 bits per heavy atom. The van der Waals surface area contributed by atoms with Crippen LogP contribution in [-0.4, -0.2) is 39.4 Å². The van der Waals surface area contributed by atoms with Crippen LogP contribution in [0.15, 0.2) is 103 Å². The predicted molar refractivity (Wildman–Crippen MR) is 181 cm³/mol. The van der Waals surface area contributed by atoms with Crippen LogP contribution in [0, 0.1) is 0 Å². The molecule has 0 saturated carbocycles. The van der Waals surface area contributed by atoms with E-state index in [1.807, 2.05) is 78.9 Å². The number of amides is 1. The first kappa shape index (κ1) is 34.8. The Balaban J connectivity index is 1.81. The maximum Gasteiger partial charge on any atom is 0.354 e. The SMILES string of the molecule is CCCc1ccc(C(NC(Cc2ccc(-c3ccccc3)cc2)C(=O)NCCC(=O)O)(c2ccc(CCC)cc2)P(=O)(O)O)cc1. The van der Waals surface area contributed by atoms with Crippen molar-refractivity contribution in [3.8, 4) is 11.1 Å². The zero-order valence-electron chi connectivity index (χ0n) is 26.4. The van der Waals surface area contributed by atoms with E-state index in [4.69, 9.17) is 5.11 Å². The number of aliphatic carboxylic acids is 1. The maximum absolute atomic E-state index is 13.8. The van der Waals surface area contributed by atoms with Gasteiger partial charge >= 0.3 is 13.6 Å². The molecule has 1 amide bonds. The third-order valence-electron chi connectivity index (χ3n) is 8.10. The lowest BCUT2D eigenvalue weighted by atomic mass is 9.92. The lowest BCUT2D eigenvalue weighted by Gasteiger charge is -2.39. The highest BCUT2D eigenvalue weighted by atomic mass is 31.2. The van der Waals surface area contributed by atoms with Crippen molar-refractivity contribution < 1.29 is 29.0 Å². The molecule has 5 N–H and O–H groups in total. The second kappa shape index (κ2) is 16.0. The van der Waals surface area contributed by atoms with Crippen molar-refractivity contribution in [3.63, 3.8) is 0 Å². The van der Waals surface area contributed by atoms with Gasteiger partial charge in [0.25, 0.3) is 0 Å². The molecule has 242 valence electrons. The standard InChI is InChI=1S/C37H43N2O6P/c1-3-8-27-14-20-32(21-15-27)37(46(43,44)45,33-22-16-28(9-4-2)17-23-33)39-34(36(42)38-25-24-35(40)41)26-29-12-18-31(19-13-29)30-10-6-5-7-11-30/h5-7,10-23,34,39H,3-4,8-9,24-26H2,1-2H3,(H,38,42)(H,40,41)(H2,43,44,45). The summed E-state index contributed by atoms with van der Waals surface area (Å²) >= 11 is 0. The Morgan fingerprint density at radius 2 is 1.20 bits per heavy atom. The van der Waals surface area contributed by atoms with Crippen molar-refractivity contribution in [2.45, 2.75) is 63.7 Å². The van der Waals surface area contributed by atoms with Crippen LogP contribution in [0.1, 0.15) is 60.9 Å². The van der Waals surface area contributed by atoms with E-state index in [1.54, 1.807) is 24.3 Å². The van der Waals surface area contributed by atoms with Gasteiger partial charge in [0.05, 0.1) is 12.5 Å². The average Bonchev–Trinajstić information content (AvgIpc) is 3.04. The van der Waals surface area contributed by atoms with Crippen molar-refractivity contribution in [2.24, 2.45) is 0 Å². The van der Waals surface area contributed by atoms with Crippen LogP contribution in [0.3, 0.4) is 0 Å². The van der Waals surface area contributed by atoms with E-state index in [2.05, 4.69) is 24.5 Å². The molecule has 0 aliphatic heterocycles. The van der Waals surface area contributed by atoms with Gasteiger partial charge in [-0.3, -0.25) is 19.5 Å². The molecule has 0 fully saturated rings. The molecular weight excluding hydrogens is 599 g/mol. The Bertz CT molecular complexity index is 1570. The molecule has 0 bridgehead atoms. The zero-order valence-corrected chi connectivity index (χ0v) is 27.3. The molecule has 8 nitrogen and oxygen atoms in total. The Hall–Kier alpha value is -4.07. The molecule has 46 heavy (non-hydrogen) atoms. The van der Waals surface area contributed by atoms with E-state index in [0.717, 1.165) is 53.5 Å². The minimum atomic E-state index is -5.08. The number of carboxylic acid groups (broad SMARTS) is 1. The average molecular weight is 643 g/mol. The van der Waals surface area contributed by atoms with E-state index in [-0.39, 0.29) is 19.4 Å². The molecule has 0 heterocycles. The van der Waals surface area contributed by atoms with E-state index in [9.17, 15) is 23.9 Å². The van der Waals surface area contributed by atoms with Crippen molar-refractivity contribution in [3.05, 3.63) is 131 Å². The minimum Gasteiger partial charge on any atom is -0.481 e. The largest absolute Gasteiger partial charge is 0.481 e. The molecular formula is C37H43N2O6P. The van der Waals surface area contributed by atoms with Gasteiger partial charge in [-0.2, -0.15) is 0 Å². The molecule has 4 rings (SSSR count). The number of aryl methyl sites for hydroxylation is 2. The molecule has 0 spiro atoms. The number of carboxylic acids is 1. The predicted octanol–water partition coefficient (Wildman–Crippen LogP) is 6.43. The summed E-state index contributed by atoms with van der Waals surface area (Å²) in [5, 5.41) is 12.9. The topological polar surface area (TPSA) is 136 Å². The van der Waals surface area contributed by atoms with Gasteiger partial charge in [0.2, 0.25) is 5.91 Å². The zero-order chi connectivity index (χ0) is 33.2. The van der Waals surface area contributed by atoms with Crippen LogP contribution < -0.4 is 10.6 Å². The molecule has 0 saturated heterocycles. The number of hydrogen-bond donors (Lipinski definition) is 5. The maximum atomic E-state index is 13.8. The fraction of sp³-hybridized carbons (Fsp3) is 0.297. The first-order valence-electron chi connectivity index (χ1n) is 15.7. The van der Waals surface area contributed by atoms with Crippen molar-refractivity contribution in [1.29, 1.82) is 0 Å². The molecule has 4 aromatic rings. The highest BCUT2D eigenvalue weighted by molar-refractivity contribution is 7.53. The molecule has 1 unspecified atom stereocenters. The number of rotatable bonds is 16. The molecule has 0 aliphatic rings. The fourth-order valence-electron chi connectivity index (χ4n) is 5.73. The summed E-state index contributed by atoms with van der Waals surface area (Å²) in [6, 6.07) is 30.7. The number of carbonyl (C=O) groups is 2. The van der Waals surface area contributed by atoms with Gasteiger partial charge < -0.3 is 20.2 Å². The van der Waals surface area contributed by atoms with Gasteiger partial charge in [-0.05, 0) is 58.2 Å². The number of nitrogens with one attached hydrogen (secondary N) is 2. The van der Waals surface area contributed by atoms with Gasteiger partial charge in [-0.25, -0.2) is 0 Å². The van der Waals surface area contributed by atoms with E-state index in [1.165, 1.54) is 0 Å². The number of benzene rings is 4. The third kappa shape index (κ3) is 8.59. The van der Waals surface area contributed by atoms with Crippen LogP contribution in [0.2, 0.25) is 0 Å². The monoisotopic (exact) mass is 642 g/mol. The first-order chi connectivity index (χ1) is 22.1. The molecule has 0 aromatic heterocycles. The smallest absolute Gasteiger partial charge is 0.354 e. The fourth-order valence-corrected chi connectivity index (χ4v) is 7.03. The van der Waals surface area contributed by atoms with E-state index in [0.29, 0.717) is 11.1 Å². The van der Waals surface area contributed by atoms with Gasteiger partial charge in [-0.1, -0.05) is 130 Å². The summed E-state index contributed by atoms with van der Waals surface area (Å²) < 4.78 is 13.8. The summed E-state index contributed by atoms with van der Waals surface area (Å²) in [5.41, 5.74) is 5.51. The molecule has 0 aliphatic carbocycles. The second-order valence-corrected chi connectivity index (χ2v) is 13.3. The molecule has 1 atom stereocenters. The third-order valence-corrected chi connectivity index (χ3v) is 9.62. The van der Waals surface area contributed by atoms with E-state index < -0.39 is 30.8 Å². The normalized spacial score (nSPS) is 12.4. The second-order valence-electron chi connectivity index (χ2n) is 11.5. The van der Waals surface area contributed by atoms with Crippen molar-refractivity contribution in [1.82, 2.24) is 10.6 Å². The first-order valence-corrected chi connectivity index (χ1v) is 17.3. The summed E-state index contributed by atoms with van der Waals surface area (Å²) in [6.45, 7) is 4.00. The summed E-state index contributed by atoms with van der Waals surface area (Å²) in [5.74, 6) is -1.62. The van der Waals surface area contributed by atoms with Crippen LogP contribution in [0.4, 0.5) is 0 Å². The van der Waals surface area contributed by atoms with Gasteiger partial charge in [0.15, 0.2) is 5.28 Å². The van der Waals surface area contributed by atoms with E-state index >= 15 is 0 Å². The Kier molecular flexibility index (Phi) is 12.1. The van der Waals surface area contributed by atoms with Crippen LogP contribution >= 0.6 is 7.60 Å². The summed E-state index contributed by atoms with van der Waals surface area (Å²) in [4.78, 5) is 47.4. The molecule has 9 heteroatoms. The van der Waals surface area contributed by atoms with Crippen molar-refractivity contribution >= 4 is 19.5 Å². The summed E-state index contributed by atoms with van der Waals surface area (Å²) in [7, 11) is -5.08. The van der Waals surface area contributed by atoms with Crippen LogP contribution in [0.5, 0.6) is 0 Å². The van der Waals surface area contributed by atoms with Crippen LogP contribution in [-0.2, 0) is 38.7 Å². The molecule has 4 aromatic carbocycles. The summed E-state index contributed by atoms with van der Waals surface area (Å²) in [6.07, 6.45) is 3.28. The quantitative estimate of drug-likeness (QED) is 0.0889. The highest BCUT2D eigenvalue weighted by Gasteiger charge is 2.52. The number of carbonyl (C=O) groups excluding carboxylic acids is 1. The van der Waals surface area contributed by atoms with Crippen molar-refractivity contribution in [2.75, 3.05) is 6.54 Å². The Morgan fingerprint density at radius 3 is 1.65 bits per heavy atom. The van der Waals surface area contributed by atoms with Gasteiger partial charge in [-0.15, -0.1) is 0 Å². The van der Waals surface area contributed by atoms with Crippen LogP contribution in [0.25, 0.3) is 11.1 Å². The lowest BCUT2D eigenvalue weighted by molar-refractivity contribution is -0.137. The minimum absolute atomic E-state index is 0.0948. The number of hydrogen-bond acceptors (Lipinski definition) is 4. The van der Waals surface area contributed by atoms with Gasteiger partial charge in [0.1, 0.15) is 0 Å².